The van der Waals surface area contributed by atoms with Crippen molar-refractivity contribution >= 4 is 0 Å². The minimum absolute atomic E-state index is 0.0705. The summed E-state index contributed by atoms with van der Waals surface area (Å²) in [5.41, 5.74) is 1.32. The number of hydrogen-bond acceptors (Lipinski definition) is 6. The molecule has 0 aliphatic carbocycles. The van der Waals surface area contributed by atoms with Gasteiger partial charge < -0.3 is 19.6 Å². The molecule has 0 bridgehead atoms. The average Bonchev–Trinajstić information content (AvgIpc) is 3.08. The highest BCUT2D eigenvalue weighted by Crippen LogP contribution is 2.28. The molecule has 0 saturated carbocycles. The largest absolute Gasteiger partial charge is 0.371 e. The second kappa shape index (κ2) is 7.04. The molecule has 0 aromatic heterocycles. The van der Waals surface area contributed by atoms with Gasteiger partial charge in [0.15, 0.2) is 6.10 Å². The Morgan fingerprint density at radius 3 is 2.77 bits per heavy atom. The van der Waals surface area contributed by atoms with E-state index in [1.165, 1.54) is 5.56 Å². The highest BCUT2D eigenvalue weighted by Gasteiger charge is 2.49. The average molecular weight is 308 g/mol. The standard InChI is InChI=1S/C15H20N2O5/c18-17(19)22-13-10-21-14-12(9-20-15(13)14)16-8-4-7-11-5-2-1-3-6-11/h1-3,5-6,12-16H,4,7-10H2/t12-,13-,14+,15+/m0/s1. The third-order valence-corrected chi connectivity index (χ3v) is 4.12. The van der Waals surface area contributed by atoms with Crippen molar-refractivity contribution in [3.8, 4) is 0 Å². The summed E-state index contributed by atoms with van der Waals surface area (Å²) in [7, 11) is 0. The fourth-order valence-corrected chi connectivity index (χ4v) is 3.06. The van der Waals surface area contributed by atoms with Crippen LogP contribution >= 0.6 is 0 Å². The monoisotopic (exact) mass is 308 g/mol. The van der Waals surface area contributed by atoms with Gasteiger partial charge in [0.25, 0.3) is 5.09 Å². The van der Waals surface area contributed by atoms with Gasteiger partial charge in [-0.15, -0.1) is 10.1 Å². The van der Waals surface area contributed by atoms with Gasteiger partial charge in [0, 0.05) is 0 Å². The molecule has 7 heteroatoms. The fourth-order valence-electron chi connectivity index (χ4n) is 3.06. The van der Waals surface area contributed by atoms with Crippen molar-refractivity contribution < 1.29 is 19.4 Å². The van der Waals surface area contributed by atoms with Gasteiger partial charge in [-0.3, -0.25) is 0 Å². The zero-order chi connectivity index (χ0) is 15.4. The van der Waals surface area contributed by atoms with Crippen molar-refractivity contribution in [3.63, 3.8) is 0 Å². The number of benzene rings is 1. The summed E-state index contributed by atoms with van der Waals surface area (Å²) in [4.78, 5) is 15.0. The first-order chi connectivity index (χ1) is 10.7. The van der Waals surface area contributed by atoms with Crippen LogP contribution in [-0.4, -0.2) is 49.2 Å². The van der Waals surface area contributed by atoms with Gasteiger partial charge in [-0.25, -0.2) is 0 Å². The minimum atomic E-state index is -0.777. The van der Waals surface area contributed by atoms with Crippen LogP contribution < -0.4 is 5.32 Å². The second-order valence-corrected chi connectivity index (χ2v) is 5.61. The fraction of sp³-hybridized carbons (Fsp3) is 0.600. The molecule has 2 aliphatic rings. The topological polar surface area (TPSA) is 82.9 Å². The van der Waals surface area contributed by atoms with Crippen LogP contribution in [0.1, 0.15) is 12.0 Å². The molecule has 2 saturated heterocycles. The summed E-state index contributed by atoms with van der Waals surface area (Å²) in [6.45, 7) is 1.56. The molecular weight excluding hydrogens is 288 g/mol. The Balaban J connectivity index is 1.40. The third-order valence-electron chi connectivity index (χ3n) is 4.12. The normalized spacial score (nSPS) is 30.2. The van der Waals surface area contributed by atoms with E-state index in [2.05, 4.69) is 22.3 Å². The molecular formula is C15H20N2O5. The van der Waals surface area contributed by atoms with Gasteiger partial charge >= 0.3 is 0 Å². The van der Waals surface area contributed by atoms with Gasteiger partial charge in [0.1, 0.15) is 12.2 Å². The van der Waals surface area contributed by atoms with E-state index in [4.69, 9.17) is 9.47 Å². The van der Waals surface area contributed by atoms with Crippen LogP contribution in [0, 0.1) is 10.1 Å². The summed E-state index contributed by atoms with van der Waals surface area (Å²) in [6.07, 6.45) is 0.908. The molecule has 0 radical (unpaired) electrons. The van der Waals surface area contributed by atoms with Crippen molar-refractivity contribution in [1.29, 1.82) is 0 Å². The Bertz CT molecular complexity index is 498. The molecule has 4 atom stereocenters. The van der Waals surface area contributed by atoms with Crippen molar-refractivity contribution in [2.75, 3.05) is 19.8 Å². The van der Waals surface area contributed by atoms with E-state index >= 15 is 0 Å². The summed E-state index contributed by atoms with van der Waals surface area (Å²) in [5, 5.41) is 13.1. The molecule has 22 heavy (non-hydrogen) atoms. The van der Waals surface area contributed by atoms with Gasteiger partial charge in [-0.2, -0.15) is 0 Å². The van der Waals surface area contributed by atoms with Crippen molar-refractivity contribution in [1.82, 2.24) is 5.32 Å². The quantitative estimate of drug-likeness (QED) is 0.459. The highest BCUT2D eigenvalue weighted by molar-refractivity contribution is 5.14. The zero-order valence-corrected chi connectivity index (χ0v) is 12.2. The van der Waals surface area contributed by atoms with Crippen LogP contribution in [0.15, 0.2) is 30.3 Å². The Labute approximate surface area is 128 Å². The summed E-state index contributed by atoms with van der Waals surface area (Å²) >= 11 is 0. The van der Waals surface area contributed by atoms with Crippen molar-refractivity contribution in [2.24, 2.45) is 0 Å². The number of aryl methyl sites for hydroxylation is 1. The Hall–Kier alpha value is -1.70. The summed E-state index contributed by atoms with van der Waals surface area (Å²) in [5.74, 6) is 0. The SMILES string of the molecule is O=[N+]([O-])O[C@H]1CO[C@H]2[C@@H]1OC[C@@H]2NCCCc1ccccc1. The number of rotatable bonds is 7. The number of fused-ring (bicyclic) bond motifs is 1. The Kier molecular flexibility index (Phi) is 4.87. The number of ether oxygens (including phenoxy) is 2. The molecule has 2 aliphatic heterocycles. The van der Waals surface area contributed by atoms with E-state index in [1.54, 1.807) is 0 Å². The minimum Gasteiger partial charge on any atom is -0.371 e. The zero-order valence-electron chi connectivity index (χ0n) is 12.2. The predicted octanol–water partition coefficient (Wildman–Crippen LogP) is 0.952. The van der Waals surface area contributed by atoms with Gasteiger partial charge in [0.05, 0.1) is 19.3 Å². The van der Waals surface area contributed by atoms with Gasteiger partial charge in [-0.05, 0) is 24.9 Å². The lowest BCUT2D eigenvalue weighted by Gasteiger charge is -2.17. The lowest BCUT2D eigenvalue weighted by atomic mass is 10.1. The molecule has 120 valence electrons. The maximum atomic E-state index is 10.4. The molecule has 0 unspecified atom stereocenters. The maximum Gasteiger partial charge on any atom is 0.294 e. The first-order valence-corrected chi connectivity index (χ1v) is 7.56. The van der Waals surface area contributed by atoms with Crippen LogP contribution in [0.5, 0.6) is 0 Å². The van der Waals surface area contributed by atoms with E-state index in [1.807, 2.05) is 18.2 Å². The first-order valence-electron chi connectivity index (χ1n) is 7.56. The molecule has 2 heterocycles. The third kappa shape index (κ3) is 3.55. The van der Waals surface area contributed by atoms with E-state index < -0.39 is 11.2 Å². The van der Waals surface area contributed by atoms with Gasteiger partial charge in [-0.1, -0.05) is 30.3 Å². The molecule has 1 aromatic carbocycles. The number of nitrogens with zero attached hydrogens (tertiary/aromatic N) is 1. The molecule has 3 rings (SSSR count). The molecule has 0 spiro atoms. The van der Waals surface area contributed by atoms with Crippen LogP contribution in [0.3, 0.4) is 0 Å². The number of nitrogens with one attached hydrogen (secondary N) is 1. The molecule has 2 fully saturated rings. The van der Waals surface area contributed by atoms with Crippen LogP contribution in [-0.2, 0) is 20.7 Å². The molecule has 0 amide bonds. The van der Waals surface area contributed by atoms with E-state index in [0.29, 0.717) is 6.61 Å². The van der Waals surface area contributed by atoms with Crippen molar-refractivity contribution in [3.05, 3.63) is 46.0 Å². The van der Waals surface area contributed by atoms with E-state index in [-0.39, 0.29) is 24.9 Å². The van der Waals surface area contributed by atoms with Crippen molar-refractivity contribution in [2.45, 2.75) is 37.2 Å². The second-order valence-electron chi connectivity index (χ2n) is 5.61. The predicted molar refractivity (Wildman–Crippen MR) is 77.9 cm³/mol. The van der Waals surface area contributed by atoms with Crippen LogP contribution in [0.2, 0.25) is 0 Å². The lowest BCUT2D eigenvalue weighted by Crippen LogP contribution is -2.42. The lowest BCUT2D eigenvalue weighted by molar-refractivity contribution is -0.769. The summed E-state index contributed by atoms with van der Waals surface area (Å²) < 4.78 is 11.2. The Morgan fingerprint density at radius 2 is 2.00 bits per heavy atom. The maximum absolute atomic E-state index is 10.4. The first kappa shape index (κ1) is 15.2. The van der Waals surface area contributed by atoms with Gasteiger partial charge in [0.2, 0.25) is 0 Å². The molecule has 1 aromatic rings. The van der Waals surface area contributed by atoms with Crippen LogP contribution in [0.25, 0.3) is 0 Å². The summed E-state index contributed by atoms with van der Waals surface area (Å²) in [6, 6.07) is 10.4. The highest BCUT2D eigenvalue weighted by atomic mass is 17.0. The smallest absolute Gasteiger partial charge is 0.294 e. The van der Waals surface area contributed by atoms with Crippen LogP contribution in [0.4, 0.5) is 0 Å². The molecule has 1 N–H and O–H groups in total. The number of hydrogen-bond donors (Lipinski definition) is 1. The van der Waals surface area contributed by atoms with E-state index in [9.17, 15) is 10.1 Å². The Morgan fingerprint density at radius 1 is 1.23 bits per heavy atom. The van der Waals surface area contributed by atoms with E-state index in [0.717, 1.165) is 19.4 Å². The molecule has 7 nitrogen and oxygen atoms in total.